The summed E-state index contributed by atoms with van der Waals surface area (Å²) >= 11 is 7.91. The molecule has 1 aromatic rings. The lowest BCUT2D eigenvalue weighted by Gasteiger charge is -2.40. The lowest BCUT2D eigenvalue weighted by molar-refractivity contribution is 0.125. The van der Waals surface area contributed by atoms with E-state index >= 15 is 0 Å². The molecule has 2 N–H and O–H groups in total. The molecule has 1 fully saturated rings. The van der Waals surface area contributed by atoms with Gasteiger partial charge in [-0.25, -0.2) is 0 Å². The highest BCUT2D eigenvalue weighted by Crippen LogP contribution is 2.36. The van der Waals surface area contributed by atoms with E-state index in [2.05, 4.69) is 24.4 Å². The van der Waals surface area contributed by atoms with Crippen LogP contribution in [0.4, 0.5) is 0 Å². The highest BCUT2D eigenvalue weighted by Gasteiger charge is 2.35. The maximum atomic E-state index is 9.72. The molecule has 1 saturated carbocycles. The first kappa shape index (κ1) is 16.2. The SMILES string of the molecule is CCNC1(CO)CCCC(SCc2ccc(Cl)cc2)C1. The van der Waals surface area contributed by atoms with Gasteiger partial charge in [-0.2, -0.15) is 11.8 Å². The minimum Gasteiger partial charge on any atom is -0.394 e. The zero-order chi connectivity index (χ0) is 14.4. The molecular formula is C16H24ClNOS. The number of thioether (sulfide) groups is 1. The second kappa shape index (κ2) is 7.69. The molecule has 2 unspecified atom stereocenters. The van der Waals surface area contributed by atoms with Crippen LogP contribution >= 0.6 is 23.4 Å². The van der Waals surface area contributed by atoms with Crippen LogP contribution in [0.25, 0.3) is 0 Å². The van der Waals surface area contributed by atoms with E-state index in [1.165, 1.54) is 18.4 Å². The molecule has 0 saturated heterocycles. The van der Waals surface area contributed by atoms with Crippen molar-refractivity contribution in [3.8, 4) is 0 Å². The number of hydrogen-bond acceptors (Lipinski definition) is 3. The summed E-state index contributed by atoms with van der Waals surface area (Å²) < 4.78 is 0. The van der Waals surface area contributed by atoms with Crippen molar-refractivity contribution >= 4 is 23.4 Å². The Morgan fingerprint density at radius 3 is 2.80 bits per heavy atom. The standard InChI is InChI=1S/C16H24ClNOS/c1-2-18-16(12-19)9-3-4-15(10-16)20-11-13-5-7-14(17)8-6-13/h5-8,15,18-19H,2-4,9-12H2,1H3. The second-order valence-corrected chi connectivity index (χ2v) is 7.35. The van der Waals surface area contributed by atoms with Crippen LogP contribution in [0.15, 0.2) is 24.3 Å². The van der Waals surface area contributed by atoms with Gasteiger partial charge in [-0.3, -0.25) is 0 Å². The molecule has 112 valence electrons. The third kappa shape index (κ3) is 4.39. The third-order valence-electron chi connectivity index (χ3n) is 4.05. The Morgan fingerprint density at radius 2 is 2.15 bits per heavy atom. The molecular weight excluding hydrogens is 290 g/mol. The Balaban J connectivity index is 1.87. The van der Waals surface area contributed by atoms with Crippen LogP contribution in [-0.4, -0.2) is 29.0 Å². The first-order chi connectivity index (χ1) is 9.67. The summed E-state index contributed by atoms with van der Waals surface area (Å²) in [6.07, 6.45) is 4.61. The van der Waals surface area contributed by atoms with Crippen molar-refractivity contribution in [2.45, 2.75) is 49.1 Å². The molecule has 0 radical (unpaired) electrons. The van der Waals surface area contributed by atoms with Crippen LogP contribution in [0.3, 0.4) is 0 Å². The summed E-state index contributed by atoms with van der Waals surface area (Å²) in [7, 11) is 0. The van der Waals surface area contributed by atoms with Gasteiger partial charge in [-0.05, 0) is 43.5 Å². The largest absolute Gasteiger partial charge is 0.394 e. The van der Waals surface area contributed by atoms with Gasteiger partial charge in [0.2, 0.25) is 0 Å². The van der Waals surface area contributed by atoms with Gasteiger partial charge in [0.25, 0.3) is 0 Å². The van der Waals surface area contributed by atoms with Gasteiger partial charge < -0.3 is 10.4 Å². The van der Waals surface area contributed by atoms with E-state index in [0.29, 0.717) is 5.25 Å². The van der Waals surface area contributed by atoms with Gasteiger partial charge in [0.15, 0.2) is 0 Å². The van der Waals surface area contributed by atoms with E-state index in [4.69, 9.17) is 11.6 Å². The molecule has 1 aromatic carbocycles. The van der Waals surface area contributed by atoms with Crippen LogP contribution in [0.1, 0.15) is 38.2 Å². The fourth-order valence-electron chi connectivity index (χ4n) is 2.98. The maximum absolute atomic E-state index is 9.72. The fraction of sp³-hybridized carbons (Fsp3) is 0.625. The van der Waals surface area contributed by atoms with E-state index in [9.17, 15) is 5.11 Å². The minimum atomic E-state index is -0.0509. The summed E-state index contributed by atoms with van der Waals surface area (Å²) in [5.74, 6) is 1.02. The fourth-order valence-corrected chi connectivity index (χ4v) is 4.50. The molecule has 20 heavy (non-hydrogen) atoms. The monoisotopic (exact) mass is 313 g/mol. The van der Waals surface area contributed by atoms with E-state index < -0.39 is 0 Å². The summed E-state index contributed by atoms with van der Waals surface area (Å²) in [5.41, 5.74) is 1.27. The Labute approximate surface area is 131 Å². The molecule has 4 heteroatoms. The maximum Gasteiger partial charge on any atom is 0.0613 e. The molecule has 2 rings (SSSR count). The van der Waals surface area contributed by atoms with E-state index in [1.807, 2.05) is 23.9 Å². The average Bonchev–Trinajstić information content (AvgIpc) is 2.47. The normalized spacial score (nSPS) is 26.6. The van der Waals surface area contributed by atoms with Crippen LogP contribution in [0.5, 0.6) is 0 Å². The van der Waals surface area contributed by atoms with Gasteiger partial charge in [-0.1, -0.05) is 37.1 Å². The lowest BCUT2D eigenvalue weighted by Crippen LogP contribution is -2.52. The lowest BCUT2D eigenvalue weighted by atomic mass is 9.82. The van der Waals surface area contributed by atoms with E-state index in [1.54, 1.807) is 0 Å². The van der Waals surface area contributed by atoms with Gasteiger partial charge >= 0.3 is 0 Å². The number of halogens is 1. The molecule has 0 spiro atoms. The summed E-state index contributed by atoms with van der Waals surface area (Å²) in [5, 5.41) is 14.6. The summed E-state index contributed by atoms with van der Waals surface area (Å²) in [6, 6.07) is 8.10. The number of nitrogens with one attached hydrogen (secondary N) is 1. The van der Waals surface area contributed by atoms with E-state index in [-0.39, 0.29) is 12.1 Å². The highest BCUT2D eigenvalue weighted by molar-refractivity contribution is 7.99. The predicted molar refractivity (Wildman–Crippen MR) is 88.5 cm³/mol. The second-order valence-electron chi connectivity index (χ2n) is 5.62. The number of likely N-dealkylation sites (N-methyl/N-ethyl adjacent to an activating group) is 1. The van der Waals surface area contributed by atoms with Crippen LogP contribution < -0.4 is 5.32 Å². The van der Waals surface area contributed by atoms with Crippen molar-refractivity contribution in [1.82, 2.24) is 5.32 Å². The van der Waals surface area contributed by atoms with Crippen LogP contribution in [-0.2, 0) is 5.75 Å². The summed E-state index contributed by atoms with van der Waals surface area (Å²) in [6.45, 7) is 3.29. The molecule has 1 aliphatic carbocycles. The van der Waals surface area contributed by atoms with Gasteiger partial charge in [0.1, 0.15) is 0 Å². The Kier molecular flexibility index (Phi) is 6.21. The summed E-state index contributed by atoms with van der Waals surface area (Å²) in [4.78, 5) is 0. The molecule has 0 aromatic heterocycles. The number of benzene rings is 1. The quantitative estimate of drug-likeness (QED) is 0.836. The number of aliphatic hydroxyl groups excluding tert-OH is 1. The molecule has 1 aliphatic rings. The number of aliphatic hydroxyl groups is 1. The topological polar surface area (TPSA) is 32.3 Å². The highest BCUT2D eigenvalue weighted by atomic mass is 35.5. The van der Waals surface area contributed by atoms with Crippen molar-refractivity contribution in [3.63, 3.8) is 0 Å². The average molecular weight is 314 g/mol. The Morgan fingerprint density at radius 1 is 1.40 bits per heavy atom. The smallest absolute Gasteiger partial charge is 0.0613 e. The molecule has 2 nitrogen and oxygen atoms in total. The van der Waals surface area contributed by atoms with Crippen LogP contribution in [0.2, 0.25) is 5.02 Å². The first-order valence-electron chi connectivity index (χ1n) is 7.39. The van der Waals surface area contributed by atoms with Crippen molar-refractivity contribution in [3.05, 3.63) is 34.9 Å². The Hall–Kier alpha value is -0.220. The molecule has 0 heterocycles. The van der Waals surface area contributed by atoms with Crippen molar-refractivity contribution in [2.24, 2.45) is 0 Å². The first-order valence-corrected chi connectivity index (χ1v) is 8.82. The van der Waals surface area contributed by atoms with Crippen LogP contribution in [0, 0.1) is 0 Å². The third-order valence-corrected chi connectivity index (χ3v) is 5.68. The number of hydrogen-bond donors (Lipinski definition) is 2. The van der Waals surface area contributed by atoms with Gasteiger partial charge in [-0.15, -0.1) is 0 Å². The van der Waals surface area contributed by atoms with Crippen molar-refractivity contribution < 1.29 is 5.11 Å². The minimum absolute atomic E-state index is 0.0509. The molecule has 2 atom stereocenters. The molecule has 0 aliphatic heterocycles. The zero-order valence-electron chi connectivity index (χ0n) is 12.1. The molecule has 0 bridgehead atoms. The number of rotatable bonds is 6. The van der Waals surface area contributed by atoms with Crippen molar-refractivity contribution in [1.29, 1.82) is 0 Å². The van der Waals surface area contributed by atoms with E-state index in [0.717, 1.165) is 30.2 Å². The predicted octanol–water partition coefficient (Wildman–Crippen LogP) is 3.86. The van der Waals surface area contributed by atoms with Gasteiger partial charge in [0, 0.05) is 21.6 Å². The van der Waals surface area contributed by atoms with Crippen molar-refractivity contribution in [2.75, 3.05) is 13.2 Å². The Bertz CT molecular complexity index is 407. The zero-order valence-corrected chi connectivity index (χ0v) is 13.6. The molecule has 0 amide bonds. The van der Waals surface area contributed by atoms with Gasteiger partial charge in [0.05, 0.1) is 6.61 Å².